The molecule has 62 valence electrons. The number of aromatic nitrogens is 4. The van der Waals surface area contributed by atoms with E-state index in [1.165, 1.54) is 0 Å². The second kappa shape index (κ2) is 2.95. The minimum Gasteiger partial charge on any atom is -0.228 e. The first-order valence-corrected chi connectivity index (χ1v) is 4.86. The van der Waals surface area contributed by atoms with Gasteiger partial charge in [0.15, 0.2) is 5.82 Å². The van der Waals surface area contributed by atoms with E-state index >= 15 is 0 Å². The van der Waals surface area contributed by atoms with Crippen molar-refractivity contribution in [2.24, 2.45) is 7.05 Å². The van der Waals surface area contributed by atoms with E-state index in [0.717, 1.165) is 14.5 Å². The van der Waals surface area contributed by atoms with Crippen LogP contribution in [0, 0.1) is 0 Å². The van der Waals surface area contributed by atoms with E-state index in [1.54, 1.807) is 16.0 Å². The molecule has 0 aliphatic carbocycles. The van der Waals surface area contributed by atoms with Gasteiger partial charge in [-0.15, -0.1) is 16.4 Å². The molecular weight excluding hydrogens is 240 g/mol. The van der Waals surface area contributed by atoms with Gasteiger partial charge in [0.2, 0.25) is 0 Å². The molecule has 0 radical (unpaired) electrons. The van der Waals surface area contributed by atoms with E-state index in [-0.39, 0.29) is 0 Å². The normalized spacial score (nSPS) is 10.5. The molecule has 0 aliphatic heterocycles. The summed E-state index contributed by atoms with van der Waals surface area (Å²) in [5.41, 5.74) is 0. The highest BCUT2D eigenvalue weighted by molar-refractivity contribution is 9.11. The Kier molecular flexibility index (Phi) is 1.93. The molecular formula is C6H5BrN4S. The summed E-state index contributed by atoms with van der Waals surface area (Å²) in [5.74, 6) is 0.797. The van der Waals surface area contributed by atoms with E-state index in [2.05, 4.69) is 31.5 Å². The second-order valence-corrected chi connectivity index (χ2v) is 4.69. The highest BCUT2D eigenvalue weighted by Crippen LogP contribution is 2.28. The van der Waals surface area contributed by atoms with Gasteiger partial charge in [0.25, 0.3) is 0 Å². The Balaban J connectivity index is 2.50. The third-order valence-electron chi connectivity index (χ3n) is 1.41. The van der Waals surface area contributed by atoms with Crippen molar-refractivity contribution in [3.05, 3.63) is 15.9 Å². The van der Waals surface area contributed by atoms with E-state index in [4.69, 9.17) is 0 Å². The summed E-state index contributed by atoms with van der Waals surface area (Å²) in [6.45, 7) is 0. The van der Waals surface area contributed by atoms with E-state index in [9.17, 15) is 0 Å². The molecule has 2 heterocycles. The average molecular weight is 245 g/mol. The molecule has 12 heavy (non-hydrogen) atoms. The zero-order valence-electron chi connectivity index (χ0n) is 6.23. The van der Waals surface area contributed by atoms with Crippen LogP contribution >= 0.6 is 27.3 Å². The lowest BCUT2D eigenvalue weighted by Gasteiger charge is -1.91. The Morgan fingerprint density at radius 3 is 2.83 bits per heavy atom. The summed E-state index contributed by atoms with van der Waals surface area (Å²) in [5, 5.41) is 11.2. The predicted octanol–water partition coefficient (Wildman–Crippen LogP) is 1.70. The van der Waals surface area contributed by atoms with Gasteiger partial charge in [-0.1, -0.05) is 0 Å². The van der Waals surface area contributed by atoms with Gasteiger partial charge in [-0.3, -0.25) is 0 Å². The van der Waals surface area contributed by atoms with Crippen LogP contribution in [0.4, 0.5) is 0 Å². The summed E-state index contributed by atoms with van der Waals surface area (Å²) in [6, 6.07) is 3.97. The van der Waals surface area contributed by atoms with Crippen molar-refractivity contribution in [3.8, 4) is 10.7 Å². The molecule has 0 amide bonds. The van der Waals surface area contributed by atoms with Crippen LogP contribution in [0.25, 0.3) is 10.7 Å². The fourth-order valence-electron chi connectivity index (χ4n) is 0.873. The zero-order chi connectivity index (χ0) is 8.55. The van der Waals surface area contributed by atoms with Gasteiger partial charge in [0, 0.05) is 7.05 Å². The van der Waals surface area contributed by atoms with Crippen LogP contribution in [0.15, 0.2) is 15.9 Å². The molecule has 2 aromatic rings. The van der Waals surface area contributed by atoms with Crippen LogP contribution in [0.2, 0.25) is 0 Å². The van der Waals surface area contributed by atoms with Gasteiger partial charge in [0.05, 0.1) is 8.66 Å². The topological polar surface area (TPSA) is 43.6 Å². The van der Waals surface area contributed by atoms with E-state index < -0.39 is 0 Å². The van der Waals surface area contributed by atoms with Crippen LogP contribution in [-0.4, -0.2) is 20.2 Å². The lowest BCUT2D eigenvalue weighted by molar-refractivity contribution is 0.715. The van der Waals surface area contributed by atoms with Crippen molar-refractivity contribution < 1.29 is 0 Å². The first-order valence-electron chi connectivity index (χ1n) is 3.25. The average Bonchev–Trinajstić information content (AvgIpc) is 2.58. The zero-order valence-corrected chi connectivity index (χ0v) is 8.63. The second-order valence-electron chi connectivity index (χ2n) is 2.23. The third-order valence-corrected chi connectivity index (χ3v) is 3.03. The molecule has 0 saturated carbocycles. The van der Waals surface area contributed by atoms with Crippen molar-refractivity contribution in [2.75, 3.05) is 0 Å². The maximum atomic E-state index is 3.89. The van der Waals surface area contributed by atoms with Crippen molar-refractivity contribution >= 4 is 27.3 Å². The lowest BCUT2D eigenvalue weighted by atomic mass is 10.4. The number of rotatable bonds is 1. The number of aryl methyl sites for hydroxylation is 1. The highest BCUT2D eigenvalue weighted by Gasteiger charge is 2.07. The lowest BCUT2D eigenvalue weighted by Crippen LogP contribution is -1.92. The molecule has 2 rings (SSSR count). The molecule has 0 aliphatic rings. The number of thiophene rings is 1. The van der Waals surface area contributed by atoms with Crippen LogP contribution in [0.1, 0.15) is 0 Å². The molecule has 0 bridgehead atoms. The van der Waals surface area contributed by atoms with Gasteiger partial charge in [-0.05, 0) is 38.5 Å². The SMILES string of the molecule is Cn1nnnc1-c1ccc(Br)s1. The number of hydrogen-bond donors (Lipinski definition) is 0. The third kappa shape index (κ3) is 1.27. The molecule has 0 fully saturated rings. The van der Waals surface area contributed by atoms with E-state index in [0.29, 0.717) is 0 Å². The maximum absolute atomic E-state index is 3.89. The van der Waals surface area contributed by atoms with Crippen LogP contribution in [0.3, 0.4) is 0 Å². The number of halogens is 1. The van der Waals surface area contributed by atoms with Gasteiger partial charge in [-0.25, -0.2) is 4.68 Å². The molecule has 6 heteroatoms. The first-order chi connectivity index (χ1) is 5.77. The van der Waals surface area contributed by atoms with E-state index in [1.807, 2.05) is 19.2 Å². The smallest absolute Gasteiger partial charge is 0.191 e. The van der Waals surface area contributed by atoms with Gasteiger partial charge in [-0.2, -0.15) is 0 Å². The summed E-state index contributed by atoms with van der Waals surface area (Å²) in [7, 11) is 1.82. The number of nitrogens with zero attached hydrogens (tertiary/aromatic N) is 4. The fraction of sp³-hybridized carbons (Fsp3) is 0.167. The van der Waals surface area contributed by atoms with Gasteiger partial charge >= 0.3 is 0 Å². The molecule has 0 aromatic carbocycles. The number of tetrazole rings is 1. The van der Waals surface area contributed by atoms with Crippen LogP contribution in [-0.2, 0) is 7.05 Å². The van der Waals surface area contributed by atoms with Gasteiger partial charge in [0.1, 0.15) is 0 Å². The maximum Gasteiger partial charge on any atom is 0.191 e. The molecule has 2 aromatic heterocycles. The van der Waals surface area contributed by atoms with Crippen molar-refractivity contribution in [1.29, 1.82) is 0 Å². The minimum atomic E-state index is 0.797. The molecule has 0 atom stereocenters. The quantitative estimate of drug-likeness (QED) is 0.768. The number of hydrogen-bond acceptors (Lipinski definition) is 4. The first kappa shape index (κ1) is 7.88. The Bertz CT molecular complexity index is 394. The molecule has 0 N–H and O–H groups in total. The highest BCUT2D eigenvalue weighted by atomic mass is 79.9. The monoisotopic (exact) mass is 244 g/mol. The molecule has 0 unspecified atom stereocenters. The van der Waals surface area contributed by atoms with Crippen LogP contribution in [0.5, 0.6) is 0 Å². The largest absolute Gasteiger partial charge is 0.228 e. The van der Waals surface area contributed by atoms with Crippen molar-refractivity contribution in [3.63, 3.8) is 0 Å². The Morgan fingerprint density at radius 2 is 2.33 bits per heavy atom. The predicted molar refractivity (Wildman–Crippen MR) is 49.8 cm³/mol. The van der Waals surface area contributed by atoms with Crippen molar-refractivity contribution in [2.45, 2.75) is 0 Å². The fourth-order valence-corrected chi connectivity index (χ4v) is 2.27. The summed E-state index contributed by atoms with van der Waals surface area (Å²) >= 11 is 5.00. The Morgan fingerprint density at radius 1 is 1.50 bits per heavy atom. The summed E-state index contributed by atoms with van der Waals surface area (Å²) in [6.07, 6.45) is 0. The molecule has 0 spiro atoms. The summed E-state index contributed by atoms with van der Waals surface area (Å²) in [4.78, 5) is 1.06. The van der Waals surface area contributed by atoms with Crippen molar-refractivity contribution in [1.82, 2.24) is 20.2 Å². The summed E-state index contributed by atoms with van der Waals surface area (Å²) < 4.78 is 2.73. The van der Waals surface area contributed by atoms with Crippen LogP contribution < -0.4 is 0 Å². The molecule has 0 saturated heterocycles. The van der Waals surface area contributed by atoms with Gasteiger partial charge < -0.3 is 0 Å². The molecule has 4 nitrogen and oxygen atoms in total. The minimum absolute atomic E-state index is 0.797. The standard InChI is InChI=1S/C6H5BrN4S/c1-11-6(8-9-10-11)4-2-3-5(7)12-4/h2-3H,1H3. The Labute approximate surface area is 81.3 Å². The Hall–Kier alpha value is -0.750.